The summed E-state index contributed by atoms with van der Waals surface area (Å²) in [6, 6.07) is 20.4. The van der Waals surface area contributed by atoms with E-state index < -0.39 is 0 Å². The van der Waals surface area contributed by atoms with Gasteiger partial charge in [-0.05, 0) is 91.5 Å². The van der Waals surface area contributed by atoms with Crippen molar-refractivity contribution in [3.05, 3.63) is 78.1 Å². The molecule has 2 heterocycles. The third-order valence-corrected chi connectivity index (χ3v) is 8.41. The minimum absolute atomic E-state index is 0.163. The average molecular weight is 434 g/mol. The van der Waals surface area contributed by atoms with Crippen LogP contribution in [0.4, 0.5) is 5.69 Å². The van der Waals surface area contributed by atoms with Crippen molar-refractivity contribution >= 4 is 33.4 Å². The fraction of sp³-hybridized carbons (Fsp3) is 0.345. The third kappa shape index (κ3) is 3.15. The van der Waals surface area contributed by atoms with E-state index in [0.29, 0.717) is 11.4 Å². The summed E-state index contributed by atoms with van der Waals surface area (Å²) in [7, 11) is 0. The highest BCUT2D eigenvalue weighted by molar-refractivity contribution is 6.05. The smallest absolute Gasteiger partial charge is 0.274 e. The maximum atomic E-state index is 13.4. The van der Waals surface area contributed by atoms with Crippen LogP contribution in [-0.2, 0) is 5.41 Å². The number of anilines is 1. The third-order valence-electron chi connectivity index (χ3n) is 8.41. The second-order valence-corrected chi connectivity index (χ2v) is 10.6. The molecular weight excluding hydrogens is 406 g/mol. The first kappa shape index (κ1) is 19.2. The molecule has 4 fully saturated rings. The molecule has 4 aliphatic carbocycles. The molecular formula is C29H27N3O. The first-order valence-corrected chi connectivity index (χ1v) is 12.2. The zero-order valence-electron chi connectivity index (χ0n) is 18.6. The Bertz CT molecular complexity index is 1370. The minimum Gasteiger partial charge on any atom is -0.319 e. The van der Waals surface area contributed by atoms with Crippen molar-refractivity contribution in [2.75, 3.05) is 5.32 Å². The highest BCUT2D eigenvalue weighted by Gasteiger charge is 2.52. The SMILES string of the molecule is O=C(Nc1cnc2ccccc2c1)c1cc(C23CC4CC(CC(C4)C2)C3)c2ccccc2n1. The van der Waals surface area contributed by atoms with Crippen LogP contribution in [0.5, 0.6) is 0 Å². The summed E-state index contributed by atoms with van der Waals surface area (Å²) in [5.41, 5.74) is 4.61. The number of aromatic nitrogens is 2. The molecule has 1 N–H and O–H groups in total. The molecule has 4 aliphatic rings. The summed E-state index contributed by atoms with van der Waals surface area (Å²) < 4.78 is 0. The number of benzene rings is 2. The Hall–Kier alpha value is -3.27. The number of rotatable bonds is 3. The fourth-order valence-electron chi connectivity index (χ4n) is 7.51. The number of amides is 1. The molecule has 0 spiro atoms. The van der Waals surface area contributed by atoms with Crippen molar-refractivity contribution in [1.82, 2.24) is 9.97 Å². The van der Waals surface area contributed by atoms with Crippen LogP contribution in [0, 0.1) is 17.8 Å². The van der Waals surface area contributed by atoms with Crippen molar-refractivity contribution in [3.63, 3.8) is 0 Å². The lowest BCUT2D eigenvalue weighted by Gasteiger charge is -2.57. The molecule has 4 heteroatoms. The van der Waals surface area contributed by atoms with Crippen molar-refractivity contribution in [3.8, 4) is 0 Å². The summed E-state index contributed by atoms with van der Waals surface area (Å²) in [4.78, 5) is 22.6. The zero-order valence-corrected chi connectivity index (χ0v) is 18.6. The van der Waals surface area contributed by atoms with E-state index in [4.69, 9.17) is 4.98 Å². The number of pyridine rings is 2. The van der Waals surface area contributed by atoms with Crippen molar-refractivity contribution < 1.29 is 4.79 Å². The normalized spacial score (nSPS) is 27.8. The predicted octanol–water partition coefficient (Wildman–Crippen LogP) is 6.50. The molecule has 2 aromatic heterocycles. The van der Waals surface area contributed by atoms with E-state index in [1.54, 1.807) is 6.20 Å². The molecule has 164 valence electrons. The number of nitrogens with zero attached hydrogens (tertiary/aromatic N) is 2. The summed E-state index contributed by atoms with van der Waals surface area (Å²) >= 11 is 0. The van der Waals surface area contributed by atoms with Crippen LogP contribution in [-0.4, -0.2) is 15.9 Å². The lowest BCUT2D eigenvalue weighted by atomic mass is 9.48. The Morgan fingerprint density at radius 2 is 1.52 bits per heavy atom. The summed E-state index contributed by atoms with van der Waals surface area (Å²) in [6.07, 6.45) is 9.75. The highest BCUT2D eigenvalue weighted by atomic mass is 16.1. The summed E-state index contributed by atoms with van der Waals surface area (Å²) in [5, 5.41) is 5.29. The largest absolute Gasteiger partial charge is 0.319 e. The van der Waals surface area contributed by atoms with Gasteiger partial charge in [-0.3, -0.25) is 9.78 Å². The van der Waals surface area contributed by atoms with Gasteiger partial charge in [0.1, 0.15) is 5.69 Å². The van der Waals surface area contributed by atoms with Gasteiger partial charge in [0.2, 0.25) is 0 Å². The molecule has 0 radical (unpaired) electrons. The van der Waals surface area contributed by atoms with Crippen LogP contribution >= 0.6 is 0 Å². The topological polar surface area (TPSA) is 54.9 Å². The molecule has 4 bridgehead atoms. The summed E-state index contributed by atoms with van der Waals surface area (Å²) in [5.74, 6) is 2.39. The molecule has 4 aromatic rings. The number of hydrogen-bond acceptors (Lipinski definition) is 3. The van der Waals surface area contributed by atoms with E-state index >= 15 is 0 Å². The molecule has 0 atom stereocenters. The number of carbonyl (C=O) groups excluding carboxylic acids is 1. The average Bonchev–Trinajstić information content (AvgIpc) is 2.82. The number of nitrogens with one attached hydrogen (secondary N) is 1. The number of carbonyl (C=O) groups is 1. The number of fused-ring (bicyclic) bond motifs is 2. The minimum atomic E-state index is -0.163. The van der Waals surface area contributed by atoms with Gasteiger partial charge in [-0.15, -0.1) is 0 Å². The lowest BCUT2D eigenvalue weighted by molar-refractivity contribution is -0.00453. The monoisotopic (exact) mass is 433 g/mol. The van der Waals surface area contributed by atoms with Gasteiger partial charge >= 0.3 is 0 Å². The van der Waals surface area contributed by atoms with E-state index in [2.05, 4.69) is 28.5 Å². The molecule has 8 rings (SSSR count). The van der Waals surface area contributed by atoms with E-state index in [1.807, 2.05) is 42.5 Å². The van der Waals surface area contributed by atoms with Crippen LogP contribution in [0.2, 0.25) is 0 Å². The second-order valence-electron chi connectivity index (χ2n) is 10.6. The highest BCUT2D eigenvalue weighted by Crippen LogP contribution is 2.61. The van der Waals surface area contributed by atoms with Crippen LogP contribution in [0.1, 0.15) is 54.6 Å². The molecule has 4 saturated carbocycles. The van der Waals surface area contributed by atoms with Crippen LogP contribution in [0.3, 0.4) is 0 Å². The predicted molar refractivity (Wildman–Crippen MR) is 131 cm³/mol. The molecule has 0 unspecified atom stereocenters. The van der Waals surface area contributed by atoms with Crippen LogP contribution in [0.15, 0.2) is 66.9 Å². The van der Waals surface area contributed by atoms with Gasteiger partial charge in [0.15, 0.2) is 0 Å². The Kier molecular flexibility index (Phi) is 4.14. The van der Waals surface area contributed by atoms with Gasteiger partial charge in [-0.25, -0.2) is 4.98 Å². The van der Waals surface area contributed by atoms with E-state index in [1.165, 1.54) is 49.5 Å². The van der Waals surface area contributed by atoms with Gasteiger partial charge in [0, 0.05) is 10.8 Å². The molecule has 2 aromatic carbocycles. The van der Waals surface area contributed by atoms with Gasteiger partial charge in [-0.2, -0.15) is 0 Å². The molecule has 0 aliphatic heterocycles. The van der Waals surface area contributed by atoms with E-state index in [0.717, 1.165) is 34.2 Å². The molecule has 4 nitrogen and oxygen atoms in total. The Morgan fingerprint density at radius 3 is 2.27 bits per heavy atom. The van der Waals surface area contributed by atoms with Gasteiger partial charge < -0.3 is 5.32 Å². The maximum absolute atomic E-state index is 13.4. The first-order valence-electron chi connectivity index (χ1n) is 12.2. The number of hydrogen-bond donors (Lipinski definition) is 1. The zero-order chi connectivity index (χ0) is 22.0. The first-order chi connectivity index (χ1) is 16.1. The van der Waals surface area contributed by atoms with Crippen molar-refractivity contribution in [2.24, 2.45) is 17.8 Å². The maximum Gasteiger partial charge on any atom is 0.274 e. The molecule has 33 heavy (non-hydrogen) atoms. The van der Waals surface area contributed by atoms with E-state index in [-0.39, 0.29) is 11.3 Å². The van der Waals surface area contributed by atoms with E-state index in [9.17, 15) is 4.79 Å². The van der Waals surface area contributed by atoms with Gasteiger partial charge in [-0.1, -0.05) is 36.4 Å². The van der Waals surface area contributed by atoms with Crippen molar-refractivity contribution in [1.29, 1.82) is 0 Å². The Morgan fingerprint density at radius 1 is 0.848 bits per heavy atom. The lowest BCUT2D eigenvalue weighted by Crippen LogP contribution is -2.48. The van der Waals surface area contributed by atoms with Crippen LogP contribution in [0.25, 0.3) is 21.8 Å². The fourth-order valence-corrected chi connectivity index (χ4v) is 7.51. The van der Waals surface area contributed by atoms with Gasteiger partial charge in [0.25, 0.3) is 5.91 Å². The van der Waals surface area contributed by atoms with Gasteiger partial charge in [0.05, 0.1) is 22.9 Å². The Labute approximate surface area is 193 Å². The van der Waals surface area contributed by atoms with Crippen molar-refractivity contribution in [2.45, 2.75) is 43.9 Å². The second kappa shape index (κ2) is 7.11. The number of para-hydroxylation sites is 2. The molecule has 1 amide bonds. The van der Waals surface area contributed by atoms with Crippen LogP contribution < -0.4 is 5.32 Å². The quantitative estimate of drug-likeness (QED) is 0.401. The standard InChI is InChI=1S/C29H27N3O/c33-28(31-22-12-21-5-1-3-7-25(21)30-17-22)27-13-24(23-6-2-4-8-26(23)32-27)29-14-18-9-19(15-29)11-20(10-18)16-29/h1-8,12-13,17-20H,9-11,14-16H2,(H,31,33). The molecule has 0 saturated heterocycles. The summed E-state index contributed by atoms with van der Waals surface area (Å²) in [6.45, 7) is 0. The Balaban J connectivity index is 1.29.